The molecule has 1 aromatic carbocycles. The number of ether oxygens (including phenoxy) is 2. The summed E-state index contributed by atoms with van der Waals surface area (Å²) in [5, 5.41) is 2.98. The van der Waals surface area contributed by atoms with Gasteiger partial charge in [0.1, 0.15) is 36.4 Å². The topological polar surface area (TPSA) is 112 Å². The average Bonchev–Trinajstić information content (AvgIpc) is 3.16. The van der Waals surface area contributed by atoms with Crippen molar-refractivity contribution in [2.45, 2.75) is 45.0 Å². The smallest absolute Gasteiger partial charge is 0.416 e. The molecular weight excluding hydrogens is 400 g/mol. The van der Waals surface area contributed by atoms with Gasteiger partial charge in [-0.25, -0.2) is 23.5 Å². The lowest BCUT2D eigenvalue weighted by Gasteiger charge is -2.20. The number of hydrogen-bond donors (Lipinski definition) is 2. The molecule has 30 heavy (non-hydrogen) atoms. The zero-order valence-electron chi connectivity index (χ0n) is 16.3. The minimum atomic E-state index is -2.77. The van der Waals surface area contributed by atoms with E-state index < -0.39 is 36.6 Å². The van der Waals surface area contributed by atoms with Gasteiger partial charge in [-0.05, 0) is 26.0 Å². The zero-order chi connectivity index (χ0) is 21.6. The number of nitrogens with one attached hydrogen (secondary N) is 1. The lowest BCUT2D eigenvalue weighted by atomic mass is 10.1. The Balaban J connectivity index is 1.69. The van der Waals surface area contributed by atoms with E-state index in [9.17, 15) is 18.4 Å². The van der Waals surface area contributed by atoms with Crippen molar-refractivity contribution in [1.29, 1.82) is 0 Å². The predicted octanol–water partition coefficient (Wildman–Crippen LogP) is 2.21. The largest absolute Gasteiger partial charge is 0.491 e. The molecule has 2 aromatic rings. The number of primary amides is 1. The van der Waals surface area contributed by atoms with Crippen LogP contribution in [0.25, 0.3) is 11.4 Å². The van der Waals surface area contributed by atoms with Crippen LogP contribution in [0, 0.1) is 0 Å². The van der Waals surface area contributed by atoms with Gasteiger partial charge in [0.05, 0.1) is 12.1 Å². The number of cyclic esters (lactones) is 1. The highest BCUT2D eigenvalue weighted by Gasteiger charge is 2.47. The van der Waals surface area contributed by atoms with Gasteiger partial charge in [-0.1, -0.05) is 0 Å². The first-order valence-electron chi connectivity index (χ1n) is 9.44. The second-order valence-electron chi connectivity index (χ2n) is 7.23. The van der Waals surface area contributed by atoms with E-state index in [-0.39, 0.29) is 5.82 Å². The SMILES string of the molecule is C[C@H](Nc1ccc2c(c1)OCCn1cc(N3C(=O)O[C@H](C)[C@H]3C(F)F)nc1-2)C(N)=O. The van der Waals surface area contributed by atoms with Gasteiger partial charge in [0.15, 0.2) is 5.82 Å². The first-order valence-corrected chi connectivity index (χ1v) is 9.44. The molecule has 2 aliphatic heterocycles. The molecule has 11 heteroatoms. The highest BCUT2D eigenvalue weighted by Crippen LogP contribution is 2.37. The molecule has 9 nitrogen and oxygen atoms in total. The normalized spacial score (nSPS) is 21.4. The quantitative estimate of drug-likeness (QED) is 0.766. The summed E-state index contributed by atoms with van der Waals surface area (Å²) in [6.45, 7) is 3.79. The van der Waals surface area contributed by atoms with Crippen molar-refractivity contribution in [2.75, 3.05) is 16.8 Å². The van der Waals surface area contributed by atoms with Crippen LogP contribution < -0.4 is 20.7 Å². The summed E-state index contributed by atoms with van der Waals surface area (Å²) in [5.74, 6) is 0.594. The van der Waals surface area contributed by atoms with E-state index in [1.54, 1.807) is 35.9 Å². The Kier molecular flexibility index (Phi) is 4.96. The number of aromatic nitrogens is 2. The Bertz CT molecular complexity index is 995. The standard InChI is InChI=1S/C19H21F2N5O4/c1-9(17(22)27)23-11-3-4-12-13(7-11)29-6-5-25-8-14(24-18(12)25)26-15(16(20)21)10(2)30-19(26)28/h3-4,7-10,15-16,23H,5-6H2,1-2H3,(H2,22,27)/t9-,10+,15-/m0/s1. The molecule has 1 aromatic heterocycles. The molecule has 3 heterocycles. The number of benzene rings is 1. The summed E-state index contributed by atoms with van der Waals surface area (Å²) in [6, 6.07) is 3.22. The summed E-state index contributed by atoms with van der Waals surface area (Å²) >= 11 is 0. The van der Waals surface area contributed by atoms with Crippen molar-refractivity contribution in [3.63, 3.8) is 0 Å². The van der Waals surface area contributed by atoms with Crippen molar-refractivity contribution in [2.24, 2.45) is 5.73 Å². The maximum atomic E-state index is 13.5. The molecule has 2 aliphatic rings. The third kappa shape index (κ3) is 3.40. The van der Waals surface area contributed by atoms with Crippen molar-refractivity contribution in [1.82, 2.24) is 9.55 Å². The first-order chi connectivity index (χ1) is 14.3. The number of alkyl halides is 2. The fourth-order valence-corrected chi connectivity index (χ4v) is 3.58. The van der Waals surface area contributed by atoms with Crippen LogP contribution in [0.1, 0.15) is 13.8 Å². The number of anilines is 2. The minimum Gasteiger partial charge on any atom is -0.491 e. The number of halogens is 2. The van der Waals surface area contributed by atoms with Gasteiger partial charge in [0.2, 0.25) is 5.91 Å². The van der Waals surface area contributed by atoms with E-state index in [0.717, 1.165) is 4.90 Å². The Morgan fingerprint density at radius 2 is 2.17 bits per heavy atom. The van der Waals surface area contributed by atoms with Crippen LogP contribution in [0.15, 0.2) is 24.4 Å². The van der Waals surface area contributed by atoms with E-state index in [1.165, 1.54) is 6.92 Å². The second-order valence-corrected chi connectivity index (χ2v) is 7.23. The molecule has 3 N–H and O–H groups in total. The number of carbonyl (C=O) groups is 2. The Morgan fingerprint density at radius 3 is 2.87 bits per heavy atom. The lowest BCUT2D eigenvalue weighted by Crippen LogP contribution is -2.41. The van der Waals surface area contributed by atoms with Gasteiger partial charge in [-0.2, -0.15) is 0 Å². The molecule has 0 saturated carbocycles. The molecule has 1 saturated heterocycles. The third-order valence-corrected chi connectivity index (χ3v) is 5.15. The van der Waals surface area contributed by atoms with E-state index in [2.05, 4.69) is 10.3 Å². The molecule has 0 aliphatic carbocycles. The van der Waals surface area contributed by atoms with Crippen LogP contribution in [0.3, 0.4) is 0 Å². The van der Waals surface area contributed by atoms with E-state index in [0.29, 0.717) is 36.0 Å². The van der Waals surface area contributed by atoms with Crippen molar-refractivity contribution in [3.05, 3.63) is 24.4 Å². The van der Waals surface area contributed by atoms with Crippen molar-refractivity contribution < 1.29 is 27.8 Å². The average molecular weight is 421 g/mol. The van der Waals surface area contributed by atoms with E-state index >= 15 is 0 Å². The Labute approximate surface area is 170 Å². The zero-order valence-corrected chi connectivity index (χ0v) is 16.3. The van der Waals surface area contributed by atoms with Crippen LogP contribution >= 0.6 is 0 Å². The fourth-order valence-electron chi connectivity index (χ4n) is 3.58. The summed E-state index contributed by atoms with van der Waals surface area (Å²) in [7, 11) is 0. The Hall–Kier alpha value is -3.37. The predicted molar refractivity (Wildman–Crippen MR) is 104 cm³/mol. The summed E-state index contributed by atoms with van der Waals surface area (Å²) < 4.78 is 39.6. The lowest BCUT2D eigenvalue weighted by molar-refractivity contribution is -0.118. The number of amides is 2. The van der Waals surface area contributed by atoms with Gasteiger partial charge in [0, 0.05) is 18.0 Å². The van der Waals surface area contributed by atoms with Gasteiger partial charge in [-0.3, -0.25) is 4.79 Å². The van der Waals surface area contributed by atoms with Gasteiger partial charge >= 0.3 is 6.09 Å². The third-order valence-electron chi connectivity index (χ3n) is 5.15. The van der Waals surface area contributed by atoms with Gasteiger partial charge in [0.25, 0.3) is 6.43 Å². The first kappa shape index (κ1) is 19.9. The highest BCUT2D eigenvalue weighted by molar-refractivity contribution is 5.90. The number of rotatable bonds is 5. The number of carbonyl (C=O) groups excluding carboxylic acids is 2. The van der Waals surface area contributed by atoms with Crippen LogP contribution in [0.5, 0.6) is 5.75 Å². The summed E-state index contributed by atoms with van der Waals surface area (Å²) in [4.78, 5) is 28.8. The molecule has 0 radical (unpaired) electrons. The minimum absolute atomic E-state index is 0.0991. The molecule has 160 valence electrons. The van der Waals surface area contributed by atoms with E-state index in [4.69, 9.17) is 15.2 Å². The molecule has 0 bridgehead atoms. The molecular formula is C19H21F2N5O4. The fraction of sp³-hybridized carbons (Fsp3) is 0.421. The van der Waals surface area contributed by atoms with Gasteiger partial charge < -0.3 is 25.1 Å². The van der Waals surface area contributed by atoms with Crippen LogP contribution in [-0.2, 0) is 16.1 Å². The molecule has 4 rings (SSSR count). The number of fused-ring (bicyclic) bond motifs is 3. The van der Waals surface area contributed by atoms with Crippen molar-refractivity contribution in [3.8, 4) is 17.1 Å². The van der Waals surface area contributed by atoms with Crippen LogP contribution in [0.4, 0.5) is 25.1 Å². The molecule has 0 unspecified atom stereocenters. The second kappa shape index (κ2) is 7.47. The molecule has 3 atom stereocenters. The summed E-state index contributed by atoms with van der Waals surface area (Å²) in [5.41, 5.74) is 6.55. The molecule has 2 amide bonds. The highest BCUT2D eigenvalue weighted by atomic mass is 19.3. The van der Waals surface area contributed by atoms with Gasteiger partial charge in [-0.15, -0.1) is 0 Å². The number of nitrogens with two attached hydrogens (primary N) is 1. The number of hydrogen-bond acceptors (Lipinski definition) is 6. The van der Waals surface area contributed by atoms with E-state index in [1.807, 2.05) is 0 Å². The van der Waals surface area contributed by atoms with Crippen LogP contribution in [0.2, 0.25) is 0 Å². The van der Waals surface area contributed by atoms with Crippen LogP contribution in [-0.4, -0.2) is 52.8 Å². The maximum absolute atomic E-state index is 13.5. The Morgan fingerprint density at radius 1 is 1.40 bits per heavy atom. The maximum Gasteiger partial charge on any atom is 0.416 e. The number of nitrogens with zero attached hydrogens (tertiary/aromatic N) is 3. The monoisotopic (exact) mass is 421 g/mol. The number of imidazole rings is 1. The summed E-state index contributed by atoms with van der Waals surface area (Å²) in [6.07, 6.45) is -3.03. The van der Waals surface area contributed by atoms with Crippen molar-refractivity contribution >= 4 is 23.5 Å². The molecule has 1 fully saturated rings. The molecule has 0 spiro atoms.